The van der Waals surface area contributed by atoms with Crippen LogP contribution in [0.1, 0.15) is 22.7 Å². The monoisotopic (exact) mass is 336 g/mol. The summed E-state index contributed by atoms with van der Waals surface area (Å²) in [6, 6.07) is 10.3. The minimum atomic E-state index is -4.50. The lowest BCUT2D eigenvalue weighted by Gasteiger charge is -2.53. The molecule has 3 N–H and O–H groups in total. The van der Waals surface area contributed by atoms with Gasteiger partial charge in [0.2, 0.25) is 6.41 Å². The van der Waals surface area contributed by atoms with Crippen molar-refractivity contribution in [2.24, 2.45) is 0 Å². The van der Waals surface area contributed by atoms with Gasteiger partial charge >= 0.3 is 6.18 Å². The number of β-amino-alcohol motifs (C(OH)–C–C–N with tert-alkyl or cyclic N) is 1. The van der Waals surface area contributed by atoms with Gasteiger partial charge in [0.15, 0.2) is 0 Å². The molecule has 1 aliphatic rings. The highest BCUT2D eigenvalue weighted by atomic mass is 19.4. The molecule has 2 aromatic rings. The lowest BCUT2D eigenvalue weighted by atomic mass is 9.74. The molecule has 0 radical (unpaired) electrons. The zero-order valence-electron chi connectivity index (χ0n) is 12.5. The van der Waals surface area contributed by atoms with Gasteiger partial charge in [-0.25, -0.2) is 0 Å². The van der Waals surface area contributed by atoms with Crippen molar-refractivity contribution >= 4 is 12.1 Å². The van der Waals surface area contributed by atoms with Crippen LogP contribution in [0.15, 0.2) is 48.5 Å². The molecule has 126 valence electrons. The number of halogens is 3. The number of amides is 1. The smallest absolute Gasteiger partial charge is 0.399 e. The molecular formula is C17H15F3N2O2. The lowest BCUT2D eigenvalue weighted by molar-refractivity contribution is -0.172. The van der Waals surface area contributed by atoms with Crippen LogP contribution in [0.4, 0.5) is 18.9 Å². The third-order valence-corrected chi connectivity index (χ3v) is 4.29. The number of likely N-dealkylation sites (tertiary alicyclic amines) is 1. The van der Waals surface area contributed by atoms with Crippen molar-refractivity contribution in [3.8, 4) is 0 Å². The van der Waals surface area contributed by atoms with Crippen LogP contribution >= 0.6 is 0 Å². The number of nitrogens with two attached hydrogens (primary N) is 1. The summed E-state index contributed by atoms with van der Waals surface area (Å²) >= 11 is 0. The molecule has 0 aliphatic carbocycles. The highest BCUT2D eigenvalue weighted by Crippen LogP contribution is 2.48. The van der Waals surface area contributed by atoms with Gasteiger partial charge in [0.1, 0.15) is 5.60 Å². The first kappa shape index (κ1) is 16.3. The summed E-state index contributed by atoms with van der Waals surface area (Å²) in [7, 11) is 0. The van der Waals surface area contributed by atoms with Gasteiger partial charge in [0.25, 0.3) is 0 Å². The molecule has 0 aromatic heterocycles. The summed E-state index contributed by atoms with van der Waals surface area (Å²) in [5.41, 5.74) is 4.44. The summed E-state index contributed by atoms with van der Waals surface area (Å²) in [6.45, 7) is -0.0765. The Bertz CT molecular complexity index is 761. The van der Waals surface area contributed by atoms with Crippen molar-refractivity contribution in [1.29, 1.82) is 0 Å². The second-order valence-corrected chi connectivity index (χ2v) is 5.85. The highest BCUT2D eigenvalue weighted by Gasteiger charge is 2.53. The number of carbonyl (C=O) groups is 1. The van der Waals surface area contributed by atoms with Gasteiger partial charge in [0.05, 0.1) is 18.2 Å². The standard InChI is InChI=1S/C17H15F3N2O2/c18-17(19,20)13-3-1-2-12(8-13)16(24)9-22(10-23)15(16)11-4-6-14(21)7-5-11/h1-8,10,15,24H,9,21H2. The number of nitrogens with zero attached hydrogens (tertiary/aromatic N) is 1. The molecule has 1 aliphatic heterocycles. The molecule has 4 nitrogen and oxygen atoms in total. The maximum Gasteiger partial charge on any atom is 0.416 e. The molecule has 3 rings (SSSR count). The average molecular weight is 336 g/mol. The van der Waals surface area contributed by atoms with Gasteiger partial charge in [0, 0.05) is 5.69 Å². The Hall–Kier alpha value is -2.54. The molecular weight excluding hydrogens is 321 g/mol. The summed E-state index contributed by atoms with van der Waals surface area (Å²) in [6.07, 6.45) is -3.93. The number of benzene rings is 2. The Morgan fingerprint density at radius 2 is 1.88 bits per heavy atom. The number of anilines is 1. The van der Waals surface area contributed by atoms with E-state index >= 15 is 0 Å². The Balaban J connectivity index is 2.02. The average Bonchev–Trinajstić information content (AvgIpc) is 2.53. The van der Waals surface area contributed by atoms with Crippen LogP contribution < -0.4 is 5.73 Å². The Kier molecular flexibility index (Phi) is 3.76. The van der Waals surface area contributed by atoms with E-state index in [-0.39, 0.29) is 12.1 Å². The minimum absolute atomic E-state index is 0.0765. The van der Waals surface area contributed by atoms with Crippen LogP contribution in [0.5, 0.6) is 0 Å². The highest BCUT2D eigenvalue weighted by molar-refractivity contribution is 5.55. The normalized spacial score (nSPS) is 23.7. The molecule has 2 atom stereocenters. The van der Waals surface area contributed by atoms with Crippen molar-refractivity contribution < 1.29 is 23.1 Å². The summed E-state index contributed by atoms with van der Waals surface area (Å²) in [4.78, 5) is 12.5. The van der Waals surface area contributed by atoms with Gasteiger partial charge in [-0.2, -0.15) is 13.2 Å². The van der Waals surface area contributed by atoms with Crippen LogP contribution in [0, 0.1) is 0 Å². The molecule has 1 fully saturated rings. The predicted molar refractivity (Wildman–Crippen MR) is 81.7 cm³/mol. The molecule has 0 saturated carbocycles. The van der Waals surface area contributed by atoms with Gasteiger partial charge < -0.3 is 15.7 Å². The van der Waals surface area contributed by atoms with Crippen LogP contribution in [0.3, 0.4) is 0 Å². The van der Waals surface area contributed by atoms with Crippen LogP contribution in [-0.4, -0.2) is 23.0 Å². The fourth-order valence-corrected chi connectivity index (χ4v) is 3.08. The molecule has 1 amide bonds. The molecule has 1 saturated heterocycles. The maximum absolute atomic E-state index is 12.9. The number of nitrogen functional groups attached to an aromatic ring is 1. The van der Waals surface area contributed by atoms with Gasteiger partial charge in [-0.15, -0.1) is 0 Å². The predicted octanol–water partition coefficient (Wildman–Crippen LogP) is 2.69. The van der Waals surface area contributed by atoms with Crippen LogP contribution in [0.25, 0.3) is 0 Å². The summed E-state index contributed by atoms with van der Waals surface area (Å²) in [5, 5.41) is 11.0. The number of hydrogen-bond donors (Lipinski definition) is 2. The number of rotatable bonds is 3. The topological polar surface area (TPSA) is 66.6 Å². The Labute approximate surface area is 136 Å². The molecule has 0 spiro atoms. The fraction of sp³-hybridized carbons (Fsp3) is 0.235. The lowest BCUT2D eigenvalue weighted by Crippen LogP contribution is -2.60. The van der Waals surface area contributed by atoms with Crippen molar-refractivity contribution in [2.75, 3.05) is 12.3 Å². The van der Waals surface area contributed by atoms with E-state index in [9.17, 15) is 23.1 Å². The molecule has 0 bridgehead atoms. The van der Waals surface area contributed by atoms with E-state index in [1.54, 1.807) is 24.3 Å². The SMILES string of the molecule is Nc1ccc(C2N(C=O)CC2(O)c2cccc(C(F)(F)F)c2)cc1. The van der Waals surface area contributed by atoms with Gasteiger partial charge in [-0.05, 0) is 35.4 Å². The van der Waals surface area contributed by atoms with E-state index < -0.39 is 23.4 Å². The van der Waals surface area contributed by atoms with Crippen molar-refractivity contribution in [2.45, 2.75) is 17.8 Å². The largest absolute Gasteiger partial charge is 0.416 e. The van der Waals surface area contributed by atoms with E-state index in [2.05, 4.69) is 0 Å². The minimum Gasteiger partial charge on any atom is -0.399 e. The van der Waals surface area contributed by atoms with E-state index in [1.807, 2.05) is 0 Å². The summed E-state index contributed by atoms with van der Waals surface area (Å²) < 4.78 is 38.8. The zero-order chi connectivity index (χ0) is 17.5. The molecule has 1 heterocycles. The third kappa shape index (κ3) is 2.60. The first-order chi connectivity index (χ1) is 11.3. The van der Waals surface area contributed by atoms with Crippen molar-refractivity contribution in [3.63, 3.8) is 0 Å². The second-order valence-electron chi connectivity index (χ2n) is 5.85. The number of hydrogen-bond acceptors (Lipinski definition) is 3. The Morgan fingerprint density at radius 3 is 2.46 bits per heavy atom. The van der Waals surface area contributed by atoms with E-state index in [0.29, 0.717) is 17.7 Å². The fourth-order valence-electron chi connectivity index (χ4n) is 3.08. The first-order valence-corrected chi connectivity index (χ1v) is 7.22. The Morgan fingerprint density at radius 1 is 1.21 bits per heavy atom. The molecule has 2 aromatic carbocycles. The van der Waals surface area contributed by atoms with Gasteiger partial charge in [-0.1, -0.05) is 24.3 Å². The maximum atomic E-state index is 12.9. The number of carbonyl (C=O) groups excluding carboxylic acids is 1. The molecule has 2 unspecified atom stereocenters. The number of aliphatic hydroxyl groups is 1. The van der Waals surface area contributed by atoms with E-state index in [1.165, 1.54) is 17.0 Å². The summed E-state index contributed by atoms with van der Waals surface area (Å²) in [5.74, 6) is 0. The second kappa shape index (κ2) is 5.52. The zero-order valence-corrected chi connectivity index (χ0v) is 12.5. The van der Waals surface area contributed by atoms with Crippen LogP contribution in [-0.2, 0) is 16.6 Å². The first-order valence-electron chi connectivity index (χ1n) is 7.22. The van der Waals surface area contributed by atoms with Crippen molar-refractivity contribution in [1.82, 2.24) is 4.90 Å². The van der Waals surface area contributed by atoms with E-state index in [0.717, 1.165) is 12.1 Å². The van der Waals surface area contributed by atoms with Crippen molar-refractivity contribution in [3.05, 3.63) is 65.2 Å². The molecule has 24 heavy (non-hydrogen) atoms. The third-order valence-electron chi connectivity index (χ3n) is 4.29. The van der Waals surface area contributed by atoms with Gasteiger partial charge in [-0.3, -0.25) is 4.79 Å². The van der Waals surface area contributed by atoms with Crippen LogP contribution in [0.2, 0.25) is 0 Å². The molecule has 7 heteroatoms. The number of alkyl halides is 3. The van der Waals surface area contributed by atoms with E-state index in [4.69, 9.17) is 5.73 Å². The quantitative estimate of drug-likeness (QED) is 0.669.